The Hall–Kier alpha value is -2.70. The van der Waals surface area contributed by atoms with E-state index in [1.807, 2.05) is 0 Å². The van der Waals surface area contributed by atoms with Gasteiger partial charge in [-0.3, -0.25) is 0 Å². The van der Waals surface area contributed by atoms with Crippen LogP contribution in [-0.4, -0.2) is 31.6 Å². The van der Waals surface area contributed by atoms with Gasteiger partial charge in [-0.05, 0) is 12.1 Å². The van der Waals surface area contributed by atoms with Gasteiger partial charge in [0.05, 0.1) is 11.8 Å². The van der Waals surface area contributed by atoms with Crippen molar-refractivity contribution in [3.63, 3.8) is 0 Å². The first-order valence-corrected chi connectivity index (χ1v) is 4.44. The summed E-state index contributed by atoms with van der Waals surface area (Å²) in [5.41, 5.74) is -0.333. The number of rotatable bonds is 2. The number of hydrogen-bond donors (Lipinski definition) is 4. The highest BCUT2D eigenvalue weighted by Crippen LogP contribution is 2.42. The number of phenolic OH excluding ortho intramolecular Hbond substituents is 3. The van der Waals surface area contributed by atoms with Gasteiger partial charge < -0.3 is 24.9 Å². The van der Waals surface area contributed by atoms with Crippen molar-refractivity contribution in [2.45, 2.75) is 0 Å². The van der Waals surface area contributed by atoms with E-state index in [0.29, 0.717) is 0 Å². The van der Waals surface area contributed by atoms with E-state index in [1.165, 1.54) is 6.07 Å². The van der Waals surface area contributed by atoms with Gasteiger partial charge in [-0.2, -0.15) is 0 Å². The minimum Gasteiger partial charge on any atom is -0.504 e. The first-order chi connectivity index (χ1) is 8.02. The summed E-state index contributed by atoms with van der Waals surface area (Å²) in [6.07, 6.45) is 0.973. The molecule has 0 unspecified atom stereocenters. The van der Waals surface area contributed by atoms with Crippen molar-refractivity contribution in [3.05, 3.63) is 23.9 Å². The Balaban J connectivity index is 2.65. The Labute approximate surface area is 94.2 Å². The van der Waals surface area contributed by atoms with Crippen molar-refractivity contribution in [1.29, 1.82) is 0 Å². The number of phenols is 3. The Morgan fingerprint density at radius 2 is 1.88 bits per heavy atom. The zero-order valence-corrected chi connectivity index (χ0v) is 8.28. The molecule has 2 rings (SSSR count). The predicted octanol–water partition coefficient (Wildman–Crippen LogP) is 1.16. The Kier molecular flexibility index (Phi) is 2.36. The van der Waals surface area contributed by atoms with Crippen molar-refractivity contribution in [3.8, 4) is 28.6 Å². The maximum atomic E-state index is 10.8. The maximum Gasteiger partial charge on any atom is 0.341 e. The number of carboxylic acids is 1. The van der Waals surface area contributed by atoms with E-state index in [9.17, 15) is 15.0 Å². The molecule has 0 amide bonds. The number of nitrogens with zero attached hydrogens (tertiary/aromatic N) is 1. The Bertz CT molecular complexity index is 588. The second-order valence-corrected chi connectivity index (χ2v) is 3.20. The number of aromatic nitrogens is 1. The number of aromatic carboxylic acids is 1. The van der Waals surface area contributed by atoms with Crippen LogP contribution in [0.2, 0.25) is 0 Å². The topological polar surface area (TPSA) is 124 Å². The van der Waals surface area contributed by atoms with E-state index in [1.54, 1.807) is 0 Å². The number of carbonyl (C=O) groups is 1. The van der Waals surface area contributed by atoms with E-state index < -0.39 is 23.2 Å². The number of aromatic hydroxyl groups is 3. The average molecular weight is 237 g/mol. The molecule has 0 bridgehead atoms. The van der Waals surface area contributed by atoms with E-state index in [0.717, 1.165) is 12.3 Å². The Morgan fingerprint density at radius 3 is 2.53 bits per heavy atom. The molecule has 17 heavy (non-hydrogen) atoms. The minimum absolute atomic E-state index is 0.0739. The summed E-state index contributed by atoms with van der Waals surface area (Å²) >= 11 is 0. The van der Waals surface area contributed by atoms with Crippen molar-refractivity contribution >= 4 is 5.97 Å². The van der Waals surface area contributed by atoms with Crippen LogP contribution in [0.4, 0.5) is 0 Å². The van der Waals surface area contributed by atoms with Crippen LogP contribution in [0.3, 0.4) is 0 Å². The molecular weight excluding hydrogens is 230 g/mol. The van der Waals surface area contributed by atoms with Crippen molar-refractivity contribution in [1.82, 2.24) is 5.16 Å². The molecule has 0 fully saturated rings. The van der Waals surface area contributed by atoms with Crippen molar-refractivity contribution in [2.24, 2.45) is 0 Å². The highest BCUT2D eigenvalue weighted by molar-refractivity contribution is 5.95. The first kappa shape index (κ1) is 10.8. The SMILES string of the molecule is O=C(O)c1cnoc1-c1ccc(O)c(O)c1O. The normalized spacial score (nSPS) is 10.4. The van der Waals surface area contributed by atoms with Gasteiger partial charge in [0.2, 0.25) is 5.75 Å². The smallest absolute Gasteiger partial charge is 0.341 e. The largest absolute Gasteiger partial charge is 0.504 e. The van der Waals surface area contributed by atoms with Crippen LogP contribution >= 0.6 is 0 Å². The summed E-state index contributed by atoms with van der Waals surface area (Å²) in [5.74, 6) is -3.44. The first-order valence-electron chi connectivity index (χ1n) is 4.44. The van der Waals surface area contributed by atoms with Gasteiger partial charge in [-0.25, -0.2) is 4.79 Å². The van der Waals surface area contributed by atoms with Crippen LogP contribution < -0.4 is 0 Å². The molecule has 0 atom stereocenters. The van der Waals surface area contributed by atoms with Gasteiger partial charge >= 0.3 is 5.97 Å². The standard InChI is InChI=1S/C10H7NO6/c12-6-2-1-4(7(13)8(6)14)9-5(10(15)16)3-11-17-9/h1-3,12-14H,(H,15,16). The fraction of sp³-hybridized carbons (Fsp3) is 0. The van der Waals surface area contributed by atoms with Gasteiger partial charge in [0.15, 0.2) is 17.3 Å². The second-order valence-electron chi connectivity index (χ2n) is 3.20. The molecule has 4 N–H and O–H groups in total. The molecule has 1 aromatic heterocycles. The van der Waals surface area contributed by atoms with Gasteiger partial charge in [0.1, 0.15) is 5.56 Å². The lowest BCUT2D eigenvalue weighted by atomic mass is 10.1. The molecule has 7 nitrogen and oxygen atoms in total. The van der Waals surface area contributed by atoms with Crippen LogP contribution in [0.5, 0.6) is 17.2 Å². The van der Waals surface area contributed by atoms with Crippen LogP contribution in [0.25, 0.3) is 11.3 Å². The monoisotopic (exact) mass is 237 g/mol. The van der Waals surface area contributed by atoms with Crippen LogP contribution in [0, 0.1) is 0 Å². The molecule has 1 aromatic carbocycles. The van der Waals surface area contributed by atoms with Crippen LogP contribution in [-0.2, 0) is 0 Å². The fourth-order valence-electron chi connectivity index (χ4n) is 1.34. The molecule has 1 heterocycles. The van der Waals surface area contributed by atoms with Crippen molar-refractivity contribution in [2.75, 3.05) is 0 Å². The second kappa shape index (κ2) is 3.71. The predicted molar refractivity (Wildman–Crippen MR) is 53.9 cm³/mol. The fourth-order valence-corrected chi connectivity index (χ4v) is 1.34. The van der Waals surface area contributed by atoms with Crippen LogP contribution in [0.1, 0.15) is 10.4 Å². The van der Waals surface area contributed by atoms with Gasteiger partial charge in [0, 0.05) is 0 Å². The quantitative estimate of drug-likeness (QED) is 0.577. The molecule has 0 spiro atoms. The summed E-state index contributed by atoms with van der Waals surface area (Å²) in [5, 5.41) is 40.1. The Morgan fingerprint density at radius 1 is 1.18 bits per heavy atom. The number of benzene rings is 1. The third-order valence-electron chi connectivity index (χ3n) is 2.18. The molecule has 0 saturated carbocycles. The van der Waals surface area contributed by atoms with Gasteiger partial charge in [0.25, 0.3) is 0 Å². The summed E-state index contributed by atoms with van der Waals surface area (Å²) in [4.78, 5) is 10.8. The van der Waals surface area contributed by atoms with E-state index in [2.05, 4.69) is 5.16 Å². The molecule has 2 aromatic rings. The van der Waals surface area contributed by atoms with Crippen LogP contribution in [0.15, 0.2) is 22.9 Å². The van der Waals surface area contributed by atoms with E-state index >= 15 is 0 Å². The lowest BCUT2D eigenvalue weighted by Crippen LogP contribution is -1.96. The molecule has 0 aliphatic heterocycles. The lowest BCUT2D eigenvalue weighted by Gasteiger charge is -2.05. The summed E-state index contributed by atoms with van der Waals surface area (Å²) in [6.45, 7) is 0. The third-order valence-corrected chi connectivity index (χ3v) is 2.18. The number of carboxylic acid groups (broad SMARTS) is 1. The molecule has 7 heteroatoms. The summed E-state index contributed by atoms with van der Waals surface area (Å²) in [6, 6.07) is 2.30. The van der Waals surface area contributed by atoms with Gasteiger partial charge in [-0.1, -0.05) is 5.16 Å². The molecule has 0 aliphatic carbocycles. The van der Waals surface area contributed by atoms with Crippen molar-refractivity contribution < 1.29 is 29.7 Å². The maximum absolute atomic E-state index is 10.8. The average Bonchev–Trinajstić information content (AvgIpc) is 2.75. The zero-order valence-electron chi connectivity index (χ0n) is 8.28. The molecule has 0 saturated heterocycles. The molecule has 88 valence electrons. The zero-order chi connectivity index (χ0) is 12.6. The molecule has 0 aliphatic rings. The highest BCUT2D eigenvalue weighted by atomic mass is 16.5. The van der Waals surface area contributed by atoms with E-state index in [4.69, 9.17) is 14.7 Å². The summed E-state index contributed by atoms with van der Waals surface area (Å²) in [7, 11) is 0. The van der Waals surface area contributed by atoms with Gasteiger partial charge in [-0.15, -0.1) is 0 Å². The minimum atomic E-state index is -1.28. The van der Waals surface area contributed by atoms with E-state index in [-0.39, 0.29) is 16.9 Å². The summed E-state index contributed by atoms with van der Waals surface area (Å²) < 4.78 is 4.70. The number of hydrogen-bond acceptors (Lipinski definition) is 6. The highest BCUT2D eigenvalue weighted by Gasteiger charge is 2.22. The third kappa shape index (κ3) is 1.63. The molecule has 0 radical (unpaired) electrons. The molecular formula is C10H7NO6. The lowest BCUT2D eigenvalue weighted by molar-refractivity contribution is 0.0697.